The number of nitrogens with zero attached hydrogens (tertiary/aromatic N) is 3. The minimum atomic E-state index is -4.90. The molecule has 3 heterocycles. The number of aromatic nitrogens is 5. The van der Waals surface area contributed by atoms with E-state index in [2.05, 4.69) is 30.1 Å². The van der Waals surface area contributed by atoms with Crippen LogP contribution in [-0.2, 0) is 6.61 Å². The molecule has 1 aromatic carbocycles. The zero-order valence-corrected chi connectivity index (χ0v) is 15.0. The quantitative estimate of drug-likeness (QED) is 0.454. The number of halogens is 3. The highest BCUT2D eigenvalue weighted by Crippen LogP contribution is 2.32. The van der Waals surface area contributed by atoms with Crippen molar-refractivity contribution in [1.82, 2.24) is 25.4 Å². The van der Waals surface area contributed by atoms with Gasteiger partial charge in [-0.25, -0.2) is 4.98 Å². The van der Waals surface area contributed by atoms with Crippen LogP contribution in [0.25, 0.3) is 22.3 Å². The van der Waals surface area contributed by atoms with Crippen molar-refractivity contribution in [2.45, 2.75) is 13.0 Å². The van der Waals surface area contributed by atoms with Gasteiger partial charge in [0.1, 0.15) is 18.2 Å². The number of benzene rings is 1. The Morgan fingerprint density at radius 2 is 1.83 bits per heavy atom. The third-order valence-corrected chi connectivity index (χ3v) is 4.07. The number of pyridine rings is 2. The van der Waals surface area contributed by atoms with Crippen molar-refractivity contribution >= 4 is 17.0 Å². The summed E-state index contributed by atoms with van der Waals surface area (Å²) in [6.07, 6.45) is -3.51. The Labute approximate surface area is 165 Å². The Hall–Kier alpha value is -4.09. The summed E-state index contributed by atoms with van der Waals surface area (Å²) < 4.78 is 48.6. The van der Waals surface area contributed by atoms with Gasteiger partial charge in [-0.1, -0.05) is 12.1 Å². The summed E-state index contributed by atoms with van der Waals surface area (Å²) >= 11 is 0. The van der Waals surface area contributed by atoms with Gasteiger partial charge in [0.05, 0.1) is 0 Å². The fourth-order valence-corrected chi connectivity index (χ4v) is 2.75. The van der Waals surface area contributed by atoms with Crippen molar-refractivity contribution in [2.75, 3.05) is 5.73 Å². The minimum Gasteiger partial charge on any atom is -0.486 e. The summed E-state index contributed by atoms with van der Waals surface area (Å²) in [7, 11) is 0. The standard InChI is InChI=1S/C18H13F3N6O3/c19-18(20,21)30-12-5-9(10-3-4-15(28)23-7-10)1-2-11(12)8-29-13-6-14(22)24-17-16(13)25-27-26-17/h1-7H,8H2,(H,23,28)(H3,22,24,25,26,27). The highest BCUT2D eigenvalue weighted by molar-refractivity contribution is 5.78. The largest absolute Gasteiger partial charge is 0.573 e. The fraction of sp³-hybridized carbons (Fsp3) is 0.111. The number of rotatable bonds is 5. The predicted molar refractivity (Wildman–Crippen MR) is 99.6 cm³/mol. The molecule has 30 heavy (non-hydrogen) atoms. The fourth-order valence-electron chi connectivity index (χ4n) is 2.75. The van der Waals surface area contributed by atoms with Gasteiger partial charge < -0.3 is 20.2 Å². The number of H-pyrrole nitrogens is 2. The molecule has 0 saturated heterocycles. The Bertz CT molecular complexity index is 1250. The number of nitrogen functional groups attached to an aromatic ring is 1. The van der Waals surface area contributed by atoms with Crippen LogP contribution >= 0.6 is 0 Å². The van der Waals surface area contributed by atoms with Crippen molar-refractivity contribution in [3.05, 3.63) is 58.5 Å². The molecule has 0 atom stereocenters. The maximum absolute atomic E-state index is 12.9. The molecule has 0 unspecified atom stereocenters. The third-order valence-electron chi connectivity index (χ3n) is 4.07. The van der Waals surface area contributed by atoms with Crippen molar-refractivity contribution in [1.29, 1.82) is 0 Å². The highest BCUT2D eigenvalue weighted by atomic mass is 19.4. The van der Waals surface area contributed by atoms with Crippen LogP contribution in [0.2, 0.25) is 0 Å². The van der Waals surface area contributed by atoms with Crippen LogP contribution in [0.1, 0.15) is 5.56 Å². The molecule has 154 valence electrons. The molecule has 4 N–H and O–H groups in total. The van der Waals surface area contributed by atoms with E-state index < -0.39 is 12.1 Å². The molecular formula is C18H13F3N6O3. The molecule has 0 bridgehead atoms. The van der Waals surface area contributed by atoms with Crippen LogP contribution in [0.3, 0.4) is 0 Å². The first kappa shape index (κ1) is 19.2. The third kappa shape index (κ3) is 4.16. The van der Waals surface area contributed by atoms with E-state index in [1.54, 1.807) is 6.07 Å². The van der Waals surface area contributed by atoms with Gasteiger partial charge in [0.15, 0.2) is 11.3 Å². The van der Waals surface area contributed by atoms with E-state index >= 15 is 0 Å². The second-order valence-corrected chi connectivity index (χ2v) is 6.14. The SMILES string of the molecule is Nc1cc(OCc2ccc(-c3ccc(=O)[nH]c3)cc2OC(F)(F)F)c2n[nH]nc2n1. The second-order valence-electron chi connectivity index (χ2n) is 6.14. The van der Waals surface area contributed by atoms with Gasteiger partial charge in [0.2, 0.25) is 11.2 Å². The molecular weight excluding hydrogens is 405 g/mol. The number of nitrogens with two attached hydrogens (primary N) is 1. The summed E-state index contributed by atoms with van der Waals surface area (Å²) in [5.74, 6) is -0.120. The molecule has 4 aromatic rings. The number of fused-ring (bicyclic) bond motifs is 1. The van der Waals surface area contributed by atoms with Gasteiger partial charge in [-0.2, -0.15) is 10.3 Å². The summed E-state index contributed by atoms with van der Waals surface area (Å²) in [5.41, 5.74) is 6.92. The smallest absolute Gasteiger partial charge is 0.486 e. The van der Waals surface area contributed by atoms with Crippen LogP contribution in [0.5, 0.6) is 11.5 Å². The average molecular weight is 418 g/mol. The Balaban J connectivity index is 1.66. The zero-order valence-electron chi connectivity index (χ0n) is 15.0. The zero-order chi connectivity index (χ0) is 21.3. The number of hydrogen-bond donors (Lipinski definition) is 3. The number of aromatic amines is 2. The lowest BCUT2D eigenvalue weighted by Crippen LogP contribution is -2.18. The van der Waals surface area contributed by atoms with E-state index in [9.17, 15) is 18.0 Å². The normalized spacial score (nSPS) is 11.6. The summed E-state index contributed by atoms with van der Waals surface area (Å²) in [6.45, 7) is -0.261. The van der Waals surface area contributed by atoms with Crippen molar-refractivity contribution < 1.29 is 22.6 Å². The summed E-state index contributed by atoms with van der Waals surface area (Å²) in [4.78, 5) is 17.6. The molecule has 12 heteroatoms. The van der Waals surface area contributed by atoms with Gasteiger partial charge in [-0.15, -0.1) is 18.3 Å². The van der Waals surface area contributed by atoms with E-state index in [1.165, 1.54) is 36.5 Å². The lowest BCUT2D eigenvalue weighted by atomic mass is 10.0. The molecule has 0 spiro atoms. The predicted octanol–water partition coefficient (Wildman–Crippen LogP) is 2.77. The maximum atomic E-state index is 12.9. The van der Waals surface area contributed by atoms with Crippen molar-refractivity contribution in [3.63, 3.8) is 0 Å². The molecule has 0 fully saturated rings. The molecule has 0 saturated carbocycles. The topological polar surface area (TPSA) is 132 Å². The first-order valence-corrected chi connectivity index (χ1v) is 8.46. The molecule has 3 aromatic heterocycles. The Morgan fingerprint density at radius 1 is 1.03 bits per heavy atom. The van der Waals surface area contributed by atoms with Gasteiger partial charge in [-0.3, -0.25) is 4.79 Å². The van der Waals surface area contributed by atoms with Crippen molar-refractivity contribution in [2.24, 2.45) is 0 Å². The van der Waals surface area contributed by atoms with Gasteiger partial charge in [-0.05, 0) is 23.3 Å². The van der Waals surface area contributed by atoms with Gasteiger partial charge in [0.25, 0.3) is 0 Å². The number of anilines is 1. The number of alkyl halides is 3. The molecule has 0 amide bonds. The van der Waals surface area contributed by atoms with Crippen LogP contribution in [0.15, 0.2) is 47.4 Å². The first-order chi connectivity index (χ1) is 14.3. The Morgan fingerprint density at radius 3 is 2.57 bits per heavy atom. The van der Waals surface area contributed by atoms with Crippen molar-refractivity contribution in [3.8, 4) is 22.6 Å². The minimum absolute atomic E-state index is 0.117. The summed E-state index contributed by atoms with van der Waals surface area (Å²) in [5, 5.41) is 10.1. The molecule has 0 radical (unpaired) electrons. The van der Waals surface area contributed by atoms with Crippen LogP contribution in [0, 0.1) is 0 Å². The lowest BCUT2D eigenvalue weighted by Gasteiger charge is -2.15. The molecule has 9 nitrogen and oxygen atoms in total. The average Bonchev–Trinajstić information content (AvgIpc) is 3.14. The number of hydrogen-bond acceptors (Lipinski definition) is 7. The van der Waals surface area contributed by atoms with Crippen LogP contribution < -0.4 is 20.8 Å². The van der Waals surface area contributed by atoms with E-state index in [1.807, 2.05) is 0 Å². The lowest BCUT2D eigenvalue weighted by molar-refractivity contribution is -0.275. The highest BCUT2D eigenvalue weighted by Gasteiger charge is 2.32. The van der Waals surface area contributed by atoms with E-state index in [-0.39, 0.29) is 40.5 Å². The maximum Gasteiger partial charge on any atom is 0.573 e. The number of ether oxygens (including phenoxy) is 2. The summed E-state index contributed by atoms with van der Waals surface area (Å²) in [6, 6.07) is 8.39. The van der Waals surface area contributed by atoms with Gasteiger partial charge >= 0.3 is 6.36 Å². The van der Waals surface area contributed by atoms with E-state index in [0.29, 0.717) is 11.1 Å². The number of nitrogens with one attached hydrogen (secondary N) is 2. The molecule has 0 aliphatic heterocycles. The van der Waals surface area contributed by atoms with Gasteiger partial charge in [0, 0.05) is 23.9 Å². The molecule has 0 aliphatic carbocycles. The van der Waals surface area contributed by atoms with E-state index in [4.69, 9.17) is 10.5 Å². The van der Waals surface area contributed by atoms with Crippen LogP contribution in [-0.4, -0.2) is 31.7 Å². The second kappa shape index (κ2) is 7.39. The van der Waals surface area contributed by atoms with E-state index in [0.717, 1.165) is 0 Å². The monoisotopic (exact) mass is 418 g/mol. The Kier molecular flexibility index (Phi) is 4.74. The molecule has 0 aliphatic rings. The molecule has 4 rings (SSSR count). The van der Waals surface area contributed by atoms with Crippen LogP contribution in [0.4, 0.5) is 19.0 Å². The first-order valence-electron chi connectivity index (χ1n) is 8.46.